The quantitative estimate of drug-likeness (QED) is 0.708. The molecule has 0 spiro atoms. The van der Waals surface area contributed by atoms with Gasteiger partial charge in [0, 0.05) is 12.0 Å². The molecule has 0 aromatic heterocycles. The van der Waals surface area contributed by atoms with Gasteiger partial charge >= 0.3 is 0 Å². The maximum absolute atomic E-state index is 5.84. The van der Waals surface area contributed by atoms with Gasteiger partial charge < -0.3 is 9.47 Å². The number of aryl methyl sites for hydroxylation is 1. The molecule has 0 saturated heterocycles. The lowest BCUT2D eigenvalue weighted by Crippen LogP contribution is -1.98. The number of fused-ring (bicyclic) bond motifs is 1. The molecule has 0 fully saturated rings. The van der Waals surface area contributed by atoms with Crippen molar-refractivity contribution in [2.75, 3.05) is 6.61 Å². The number of rotatable bonds is 4. The van der Waals surface area contributed by atoms with Gasteiger partial charge in [-0.15, -0.1) is 0 Å². The Morgan fingerprint density at radius 3 is 2.30 bits per heavy atom. The highest BCUT2D eigenvalue weighted by atomic mass is 16.5. The second kappa shape index (κ2) is 10.7. The second-order valence-electron chi connectivity index (χ2n) is 4.79. The van der Waals surface area contributed by atoms with Crippen LogP contribution in [0.2, 0.25) is 0 Å². The molecular weight excluding hydrogens is 284 g/mol. The topological polar surface area (TPSA) is 18.5 Å². The maximum atomic E-state index is 5.84. The molecule has 0 atom stereocenters. The zero-order chi connectivity index (χ0) is 17.1. The SMILES string of the molecule is CC.CC.CCc1ccc(OCc2cccc3c2OCC3)cc1. The number of hydrogen-bond acceptors (Lipinski definition) is 2. The van der Waals surface area contributed by atoms with Crippen LogP contribution in [0.5, 0.6) is 11.5 Å². The first kappa shape index (κ1) is 19.1. The van der Waals surface area contributed by atoms with Gasteiger partial charge in [-0.2, -0.15) is 0 Å². The van der Waals surface area contributed by atoms with E-state index in [9.17, 15) is 0 Å². The Kier molecular flexibility index (Phi) is 8.89. The Balaban J connectivity index is 0.000000615. The smallest absolute Gasteiger partial charge is 0.129 e. The zero-order valence-electron chi connectivity index (χ0n) is 15.2. The first-order chi connectivity index (χ1) is 11.4. The minimum Gasteiger partial charge on any atom is -0.493 e. The van der Waals surface area contributed by atoms with Crippen molar-refractivity contribution in [1.82, 2.24) is 0 Å². The summed E-state index contributed by atoms with van der Waals surface area (Å²) in [6.07, 6.45) is 2.06. The van der Waals surface area contributed by atoms with Gasteiger partial charge in [-0.05, 0) is 29.7 Å². The van der Waals surface area contributed by atoms with Gasteiger partial charge in [-0.1, -0.05) is 65.0 Å². The van der Waals surface area contributed by atoms with Gasteiger partial charge in [0.25, 0.3) is 0 Å². The second-order valence-corrected chi connectivity index (χ2v) is 4.79. The van der Waals surface area contributed by atoms with Crippen LogP contribution in [-0.2, 0) is 19.4 Å². The molecule has 23 heavy (non-hydrogen) atoms. The lowest BCUT2D eigenvalue weighted by atomic mass is 10.1. The summed E-state index contributed by atoms with van der Waals surface area (Å²) in [6.45, 7) is 11.5. The predicted molar refractivity (Wildman–Crippen MR) is 98.5 cm³/mol. The molecule has 0 saturated carbocycles. The largest absolute Gasteiger partial charge is 0.493 e. The number of hydrogen-bond donors (Lipinski definition) is 0. The average Bonchev–Trinajstić information content (AvgIpc) is 3.13. The Hall–Kier alpha value is -1.96. The highest BCUT2D eigenvalue weighted by molar-refractivity contribution is 5.44. The molecule has 2 heteroatoms. The summed E-state index contributed by atoms with van der Waals surface area (Å²) in [5, 5.41) is 0. The van der Waals surface area contributed by atoms with Crippen LogP contribution in [0.25, 0.3) is 0 Å². The summed E-state index contributed by atoms with van der Waals surface area (Å²) in [6, 6.07) is 14.6. The Bertz CT molecular complexity index is 559. The molecule has 126 valence electrons. The van der Waals surface area contributed by atoms with Crippen molar-refractivity contribution >= 4 is 0 Å². The van der Waals surface area contributed by atoms with E-state index in [-0.39, 0.29) is 0 Å². The Morgan fingerprint density at radius 2 is 1.65 bits per heavy atom. The van der Waals surface area contributed by atoms with Crippen molar-refractivity contribution in [3.8, 4) is 11.5 Å². The van der Waals surface area contributed by atoms with Crippen LogP contribution >= 0.6 is 0 Å². The van der Waals surface area contributed by atoms with Crippen LogP contribution in [0.3, 0.4) is 0 Å². The normalized spacial score (nSPS) is 11.2. The summed E-state index contributed by atoms with van der Waals surface area (Å²) in [7, 11) is 0. The van der Waals surface area contributed by atoms with Crippen molar-refractivity contribution in [3.63, 3.8) is 0 Å². The lowest BCUT2D eigenvalue weighted by molar-refractivity contribution is 0.292. The van der Waals surface area contributed by atoms with E-state index < -0.39 is 0 Å². The van der Waals surface area contributed by atoms with E-state index in [0.29, 0.717) is 6.61 Å². The van der Waals surface area contributed by atoms with Crippen molar-refractivity contribution in [2.45, 2.75) is 54.1 Å². The van der Waals surface area contributed by atoms with Crippen molar-refractivity contribution in [1.29, 1.82) is 0 Å². The van der Waals surface area contributed by atoms with E-state index in [0.717, 1.165) is 36.5 Å². The van der Waals surface area contributed by atoms with E-state index in [1.165, 1.54) is 11.1 Å². The van der Waals surface area contributed by atoms with Gasteiger partial charge in [-0.25, -0.2) is 0 Å². The molecule has 2 aromatic rings. The summed E-state index contributed by atoms with van der Waals surface area (Å²) in [5.41, 5.74) is 3.76. The molecule has 1 aliphatic rings. The molecule has 0 bridgehead atoms. The molecule has 0 N–H and O–H groups in total. The molecule has 0 aliphatic carbocycles. The van der Waals surface area contributed by atoms with E-state index in [1.54, 1.807) is 0 Å². The molecule has 3 rings (SSSR count). The van der Waals surface area contributed by atoms with Gasteiger partial charge in [0.15, 0.2) is 0 Å². The van der Waals surface area contributed by atoms with Gasteiger partial charge in [0.2, 0.25) is 0 Å². The highest BCUT2D eigenvalue weighted by Crippen LogP contribution is 2.30. The molecule has 0 unspecified atom stereocenters. The van der Waals surface area contributed by atoms with Crippen molar-refractivity contribution < 1.29 is 9.47 Å². The molecular formula is C21H30O2. The third kappa shape index (κ3) is 5.31. The fraction of sp³-hybridized carbons (Fsp3) is 0.429. The van der Waals surface area contributed by atoms with Crippen LogP contribution in [0.4, 0.5) is 0 Å². The number of para-hydroxylation sites is 1. The lowest BCUT2D eigenvalue weighted by Gasteiger charge is -2.10. The third-order valence-corrected chi connectivity index (χ3v) is 3.52. The highest BCUT2D eigenvalue weighted by Gasteiger charge is 2.15. The third-order valence-electron chi connectivity index (χ3n) is 3.52. The fourth-order valence-electron chi connectivity index (χ4n) is 2.38. The van der Waals surface area contributed by atoms with E-state index in [4.69, 9.17) is 9.47 Å². The first-order valence-corrected chi connectivity index (χ1v) is 8.82. The summed E-state index contributed by atoms with van der Waals surface area (Å²) in [5.74, 6) is 1.93. The molecule has 0 radical (unpaired) electrons. The van der Waals surface area contributed by atoms with E-state index in [1.807, 2.05) is 39.8 Å². The summed E-state index contributed by atoms with van der Waals surface area (Å²) < 4.78 is 11.5. The van der Waals surface area contributed by atoms with E-state index in [2.05, 4.69) is 37.3 Å². The summed E-state index contributed by atoms with van der Waals surface area (Å²) in [4.78, 5) is 0. The average molecular weight is 314 g/mol. The monoisotopic (exact) mass is 314 g/mol. The standard InChI is InChI=1S/C17H18O2.2C2H6/c1-2-13-6-8-16(9-7-13)19-12-15-5-3-4-14-10-11-18-17(14)15;2*1-2/h3-9H,2,10-12H2,1H3;2*1-2H3. The molecule has 1 aliphatic heterocycles. The molecule has 2 aromatic carbocycles. The van der Waals surface area contributed by atoms with Crippen LogP contribution in [-0.4, -0.2) is 6.61 Å². The molecule has 1 heterocycles. The van der Waals surface area contributed by atoms with Gasteiger partial charge in [0.05, 0.1) is 6.61 Å². The maximum Gasteiger partial charge on any atom is 0.129 e. The summed E-state index contributed by atoms with van der Waals surface area (Å²) >= 11 is 0. The van der Waals surface area contributed by atoms with E-state index >= 15 is 0 Å². The van der Waals surface area contributed by atoms with Gasteiger partial charge in [0.1, 0.15) is 18.1 Å². The predicted octanol–water partition coefficient (Wildman–Crippen LogP) is 5.82. The van der Waals surface area contributed by atoms with Crippen LogP contribution in [0.15, 0.2) is 42.5 Å². The number of benzene rings is 2. The first-order valence-electron chi connectivity index (χ1n) is 8.82. The van der Waals surface area contributed by atoms with Crippen molar-refractivity contribution in [2.24, 2.45) is 0 Å². The van der Waals surface area contributed by atoms with Gasteiger partial charge in [-0.3, -0.25) is 0 Å². The molecule has 0 amide bonds. The van der Waals surface area contributed by atoms with Crippen LogP contribution in [0, 0.1) is 0 Å². The fourth-order valence-corrected chi connectivity index (χ4v) is 2.38. The number of ether oxygens (including phenoxy) is 2. The Morgan fingerprint density at radius 1 is 0.957 bits per heavy atom. The minimum atomic E-state index is 0.564. The van der Waals surface area contributed by atoms with Crippen LogP contribution < -0.4 is 9.47 Å². The molecule has 2 nitrogen and oxygen atoms in total. The minimum absolute atomic E-state index is 0.564. The van der Waals surface area contributed by atoms with Crippen LogP contribution in [0.1, 0.15) is 51.3 Å². The van der Waals surface area contributed by atoms with Crippen molar-refractivity contribution in [3.05, 3.63) is 59.2 Å². The zero-order valence-corrected chi connectivity index (χ0v) is 15.2. The Labute approximate surface area is 141 Å².